The van der Waals surface area contributed by atoms with E-state index in [2.05, 4.69) is 27.3 Å². The zero-order chi connectivity index (χ0) is 24.9. The lowest BCUT2D eigenvalue weighted by molar-refractivity contribution is -0.383. The third kappa shape index (κ3) is 5.68. The molecule has 35 heavy (non-hydrogen) atoms. The number of hydrogen-bond acceptors (Lipinski definition) is 7. The van der Waals surface area contributed by atoms with E-state index >= 15 is 0 Å². The third-order valence-electron chi connectivity index (χ3n) is 6.07. The van der Waals surface area contributed by atoms with Crippen molar-refractivity contribution in [2.24, 2.45) is 0 Å². The normalized spacial score (nSPS) is 16.0. The lowest BCUT2D eigenvalue weighted by Gasteiger charge is -2.32. The summed E-state index contributed by atoms with van der Waals surface area (Å²) in [6.45, 7) is 5.71. The number of halogens is 1. The molecule has 1 saturated heterocycles. The Balaban J connectivity index is 1.60. The number of aromatic nitrogens is 3. The van der Waals surface area contributed by atoms with Crippen LogP contribution in [0.5, 0.6) is 0 Å². The molecule has 3 aromatic rings. The van der Waals surface area contributed by atoms with Gasteiger partial charge in [-0.1, -0.05) is 30.3 Å². The second kappa shape index (κ2) is 11.0. The van der Waals surface area contributed by atoms with E-state index in [4.69, 9.17) is 0 Å². The molecule has 184 valence electrons. The van der Waals surface area contributed by atoms with Gasteiger partial charge in [0.15, 0.2) is 11.0 Å². The summed E-state index contributed by atoms with van der Waals surface area (Å²) in [4.78, 5) is 26.0. The SMILES string of the molecule is CC(Sc1nnc(C(C)N2CCCCC2)n1-c1ccc(F)cc1)C(=O)Nc1ccccc1[N+](=O)[O-]. The fraction of sp³-hybridized carbons (Fsp3) is 0.375. The van der Waals surface area contributed by atoms with Crippen LogP contribution in [0, 0.1) is 15.9 Å². The quantitative estimate of drug-likeness (QED) is 0.265. The first-order chi connectivity index (χ1) is 16.8. The average molecular weight is 499 g/mol. The highest BCUT2D eigenvalue weighted by molar-refractivity contribution is 8.00. The smallest absolute Gasteiger partial charge is 0.292 e. The summed E-state index contributed by atoms with van der Waals surface area (Å²) < 4.78 is 15.5. The van der Waals surface area contributed by atoms with Crippen LogP contribution in [-0.2, 0) is 4.79 Å². The first-order valence-electron chi connectivity index (χ1n) is 11.5. The summed E-state index contributed by atoms with van der Waals surface area (Å²) in [7, 11) is 0. The molecule has 2 unspecified atom stereocenters. The molecule has 1 N–H and O–H groups in total. The number of nitro groups is 1. The van der Waals surface area contributed by atoms with E-state index in [0.29, 0.717) is 16.7 Å². The predicted octanol–water partition coefficient (Wildman–Crippen LogP) is 4.98. The number of piperidine rings is 1. The zero-order valence-electron chi connectivity index (χ0n) is 19.6. The highest BCUT2D eigenvalue weighted by Crippen LogP contribution is 2.32. The summed E-state index contributed by atoms with van der Waals surface area (Å²) in [5.41, 5.74) is 0.656. The number of rotatable bonds is 8. The molecule has 0 radical (unpaired) electrons. The van der Waals surface area contributed by atoms with E-state index in [1.54, 1.807) is 31.2 Å². The molecular weight excluding hydrogens is 471 g/mol. The van der Waals surface area contributed by atoms with Crippen LogP contribution in [-0.4, -0.2) is 48.8 Å². The number of nitrogens with one attached hydrogen (secondary N) is 1. The zero-order valence-corrected chi connectivity index (χ0v) is 20.4. The predicted molar refractivity (Wildman–Crippen MR) is 132 cm³/mol. The number of likely N-dealkylation sites (tertiary alicyclic amines) is 1. The molecule has 0 aliphatic carbocycles. The highest BCUT2D eigenvalue weighted by Gasteiger charge is 2.28. The second-order valence-electron chi connectivity index (χ2n) is 8.45. The molecule has 1 aliphatic rings. The number of hydrogen-bond donors (Lipinski definition) is 1. The Morgan fingerprint density at radius 1 is 1.09 bits per heavy atom. The van der Waals surface area contributed by atoms with Gasteiger partial charge < -0.3 is 5.32 Å². The summed E-state index contributed by atoms with van der Waals surface area (Å²) in [6.07, 6.45) is 3.46. The van der Waals surface area contributed by atoms with E-state index in [0.717, 1.165) is 25.9 Å². The standard InChI is InChI=1S/C24H27FN6O3S/c1-16(29-14-6-3-7-15-29)22-27-28-24(30(22)19-12-10-18(25)11-13-19)35-17(2)23(32)26-20-8-4-5-9-21(20)31(33)34/h4-5,8-13,16-17H,3,6-7,14-15H2,1-2H3,(H,26,32). The molecule has 2 aromatic carbocycles. The van der Waals surface area contributed by atoms with Crippen molar-refractivity contribution in [3.8, 4) is 5.69 Å². The molecule has 1 amide bonds. The first kappa shape index (κ1) is 24.8. The lowest BCUT2D eigenvalue weighted by Crippen LogP contribution is -2.33. The number of para-hydroxylation sites is 2. The molecule has 0 spiro atoms. The van der Waals surface area contributed by atoms with Crippen molar-refractivity contribution in [1.29, 1.82) is 0 Å². The monoisotopic (exact) mass is 498 g/mol. The molecule has 0 saturated carbocycles. The van der Waals surface area contributed by atoms with Crippen LogP contribution in [0.15, 0.2) is 53.7 Å². The van der Waals surface area contributed by atoms with E-state index in [-0.39, 0.29) is 23.2 Å². The number of thioether (sulfide) groups is 1. The number of nitro benzene ring substituents is 1. The van der Waals surface area contributed by atoms with Gasteiger partial charge in [-0.2, -0.15) is 0 Å². The van der Waals surface area contributed by atoms with Gasteiger partial charge in [0, 0.05) is 11.8 Å². The lowest BCUT2D eigenvalue weighted by atomic mass is 10.1. The molecule has 2 heterocycles. The Labute approximate surface area is 206 Å². The molecule has 1 aromatic heterocycles. The van der Waals surface area contributed by atoms with Crippen molar-refractivity contribution < 1.29 is 14.1 Å². The van der Waals surface area contributed by atoms with Crippen LogP contribution < -0.4 is 5.32 Å². The van der Waals surface area contributed by atoms with Crippen LogP contribution in [0.3, 0.4) is 0 Å². The average Bonchev–Trinajstić information content (AvgIpc) is 3.28. The summed E-state index contributed by atoms with van der Waals surface area (Å²) in [5.74, 6) is -0.0326. The topological polar surface area (TPSA) is 106 Å². The van der Waals surface area contributed by atoms with Crippen molar-refractivity contribution in [3.05, 3.63) is 70.3 Å². The van der Waals surface area contributed by atoms with Crippen molar-refractivity contribution in [1.82, 2.24) is 19.7 Å². The van der Waals surface area contributed by atoms with Crippen LogP contribution in [0.1, 0.15) is 45.0 Å². The maximum atomic E-state index is 13.6. The summed E-state index contributed by atoms with van der Waals surface area (Å²) in [5, 5.41) is 22.6. The van der Waals surface area contributed by atoms with Crippen LogP contribution in [0.25, 0.3) is 5.69 Å². The number of benzene rings is 2. The molecule has 4 rings (SSSR count). The van der Waals surface area contributed by atoms with Crippen LogP contribution in [0.4, 0.5) is 15.8 Å². The molecule has 1 aliphatic heterocycles. The minimum absolute atomic E-state index is 0.0155. The Morgan fingerprint density at radius 2 is 1.77 bits per heavy atom. The van der Waals surface area contributed by atoms with Gasteiger partial charge in [0.1, 0.15) is 11.5 Å². The second-order valence-corrected chi connectivity index (χ2v) is 9.76. The maximum absolute atomic E-state index is 13.6. The largest absolute Gasteiger partial charge is 0.319 e. The Hall–Kier alpha value is -3.31. The van der Waals surface area contributed by atoms with Gasteiger partial charge in [0.25, 0.3) is 5.69 Å². The molecule has 1 fully saturated rings. The van der Waals surface area contributed by atoms with Crippen molar-refractivity contribution >= 4 is 29.0 Å². The first-order valence-corrected chi connectivity index (χ1v) is 12.4. The van der Waals surface area contributed by atoms with Gasteiger partial charge >= 0.3 is 0 Å². The van der Waals surface area contributed by atoms with E-state index < -0.39 is 16.1 Å². The number of amides is 1. The van der Waals surface area contributed by atoms with Crippen molar-refractivity contribution in [2.75, 3.05) is 18.4 Å². The number of carbonyl (C=O) groups excluding carboxylic acids is 1. The van der Waals surface area contributed by atoms with Crippen molar-refractivity contribution in [3.63, 3.8) is 0 Å². The Morgan fingerprint density at radius 3 is 2.46 bits per heavy atom. The minimum atomic E-state index is -0.628. The molecule has 11 heteroatoms. The van der Waals surface area contributed by atoms with Gasteiger partial charge in [-0.15, -0.1) is 10.2 Å². The molecule has 2 atom stereocenters. The number of nitrogens with zero attached hydrogens (tertiary/aromatic N) is 5. The van der Waals surface area contributed by atoms with Gasteiger partial charge in [-0.25, -0.2) is 4.39 Å². The van der Waals surface area contributed by atoms with Crippen molar-refractivity contribution in [2.45, 2.75) is 49.6 Å². The third-order valence-corrected chi connectivity index (χ3v) is 7.11. The summed E-state index contributed by atoms with van der Waals surface area (Å²) >= 11 is 1.19. The van der Waals surface area contributed by atoms with E-state index in [1.165, 1.54) is 42.4 Å². The molecular formula is C24H27FN6O3S. The van der Waals surface area contributed by atoms with Crippen LogP contribution >= 0.6 is 11.8 Å². The maximum Gasteiger partial charge on any atom is 0.292 e. The fourth-order valence-corrected chi connectivity index (χ4v) is 4.99. The Bertz CT molecular complexity index is 1200. The summed E-state index contributed by atoms with van der Waals surface area (Å²) in [6, 6.07) is 12.1. The highest BCUT2D eigenvalue weighted by atomic mass is 32.2. The molecule has 9 nitrogen and oxygen atoms in total. The van der Waals surface area contributed by atoms with Gasteiger partial charge in [0.05, 0.1) is 16.2 Å². The van der Waals surface area contributed by atoms with E-state index in [1.807, 2.05) is 4.57 Å². The van der Waals surface area contributed by atoms with Gasteiger partial charge in [-0.05, 0) is 70.1 Å². The van der Waals surface area contributed by atoms with Crippen LogP contribution in [0.2, 0.25) is 0 Å². The van der Waals surface area contributed by atoms with Gasteiger partial charge in [-0.3, -0.25) is 24.4 Å². The minimum Gasteiger partial charge on any atom is -0.319 e. The number of carbonyl (C=O) groups is 1. The van der Waals surface area contributed by atoms with Gasteiger partial charge in [0.2, 0.25) is 5.91 Å². The fourth-order valence-electron chi connectivity index (χ4n) is 4.11. The number of anilines is 1. The molecule has 0 bridgehead atoms. The van der Waals surface area contributed by atoms with E-state index in [9.17, 15) is 19.3 Å². The Kier molecular flexibility index (Phi) is 7.76.